The summed E-state index contributed by atoms with van der Waals surface area (Å²) < 4.78 is 48.6. The predicted octanol–water partition coefficient (Wildman–Crippen LogP) is 2.74. The fourth-order valence-electron chi connectivity index (χ4n) is 4.10. The highest BCUT2D eigenvalue weighted by molar-refractivity contribution is 5.27. The van der Waals surface area contributed by atoms with Gasteiger partial charge >= 0.3 is 12.2 Å². The average Bonchev–Trinajstić information content (AvgIpc) is 3.13. The second-order valence-electron chi connectivity index (χ2n) is 7.91. The van der Waals surface area contributed by atoms with E-state index in [0.717, 1.165) is 12.0 Å². The van der Waals surface area contributed by atoms with Gasteiger partial charge in [0, 0.05) is 26.2 Å². The number of aliphatic hydroxyl groups is 1. The Morgan fingerprint density at radius 2 is 1.77 bits per heavy atom. The number of benzene rings is 1. The summed E-state index contributed by atoms with van der Waals surface area (Å²) in [5.74, 6) is 0.532. The van der Waals surface area contributed by atoms with E-state index < -0.39 is 12.6 Å². The Balaban J connectivity index is 1.52. The molecule has 7 nitrogen and oxygen atoms in total. The van der Waals surface area contributed by atoms with Gasteiger partial charge in [-0.05, 0) is 35.5 Å². The van der Waals surface area contributed by atoms with Gasteiger partial charge in [0.25, 0.3) is 0 Å². The first-order chi connectivity index (χ1) is 14.3. The molecule has 2 aliphatic rings. The first kappa shape index (κ1) is 21.1. The zero-order chi connectivity index (χ0) is 21.3. The van der Waals surface area contributed by atoms with E-state index in [-0.39, 0.29) is 29.5 Å². The standard InChI is InChI=1S/C20H25F3N4O3/c1-2-29-19-24-18(30-25-19)16-7-15(9-26(10-16)27-11-17(28)12-27)14-5-3-13(4-6-14)8-20(21,22)23/h3-6,15-17,28H,2,7-12H2,1H3. The highest BCUT2D eigenvalue weighted by atomic mass is 19.4. The molecule has 1 N–H and O–H groups in total. The van der Waals surface area contributed by atoms with Crippen LogP contribution in [-0.4, -0.2) is 70.3 Å². The van der Waals surface area contributed by atoms with E-state index in [0.29, 0.717) is 38.7 Å². The van der Waals surface area contributed by atoms with Crippen LogP contribution in [-0.2, 0) is 6.42 Å². The number of nitrogens with zero attached hydrogens (tertiary/aromatic N) is 4. The van der Waals surface area contributed by atoms with Gasteiger partial charge in [-0.2, -0.15) is 18.2 Å². The normalized spacial score (nSPS) is 24.0. The van der Waals surface area contributed by atoms with E-state index in [1.165, 1.54) is 0 Å². The number of hydrazine groups is 1. The molecule has 1 aromatic carbocycles. The highest BCUT2D eigenvalue weighted by Crippen LogP contribution is 2.37. The summed E-state index contributed by atoms with van der Waals surface area (Å²) in [4.78, 5) is 4.34. The molecule has 0 spiro atoms. The molecule has 0 bridgehead atoms. The maximum Gasteiger partial charge on any atom is 0.393 e. The SMILES string of the molecule is CCOc1noc(C2CC(c3ccc(CC(F)(F)F)cc3)CN(N3CC(O)C3)C2)n1. The summed E-state index contributed by atoms with van der Waals surface area (Å²) in [6.07, 6.45) is -4.75. The number of hydrogen-bond donors (Lipinski definition) is 1. The van der Waals surface area contributed by atoms with Crippen molar-refractivity contribution in [2.24, 2.45) is 0 Å². The van der Waals surface area contributed by atoms with E-state index >= 15 is 0 Å². The van der Waals surface area contributed by atoms with Gasteiger partial charge in [0.2, 0.25) is 5.89 Å². The van der Waals surface area contributed by atoms with Crippen molar-refractivity contribution < 1.29 is 27.5 Å². The fraction of sp³-hybridized carbons (Fsp3) is 0.600. The second kappa shape index (κ2) is 8.52. The molecule has 2 aliphatic heterocycles. The quantitative estimate of drug-likeness (QED) is 0.761. The monoisotopic (exact) mass is 426 g/mol. The maximum absolute atomic E-state index is 12.6. The van der Waals surface area contributed by atoms with E-state index in [2.05, 4.69) is 20.2 Å². The van der Waals surface area contributed by atoms with Gasteiger partial charge < -0.3 is 14.4 Å². The van der Waals surface area contributed by atoms with Crippen LogP contribution in [0.15, 0.2) is 28.8 Å². The molecule has 0 radical (unpaired) electrons. The third-order valence-electron chi connectivity index (χ3n) is 5.58. The van der Waals surface area contributed by atoms with E-state index in [1.54, 1.807) is 24.3 Å². The second-order valence-corrected chi connectivity index (χ2v) is 7.91. The van der Waals surface area contributed by atoms with Gasteiger partial charge in [-0.1, -0.05) is 24.3 Å². The van der Waals surface area contributed by atoms with Crippen LogP contribution in [0, 0.1) is 0 Å². The number of rotatable bonds is 6. The molecule has 2 fully saturated rings. The molecule has 10 heteroatoms. The van der Waals surface area contributed by atoms with Crippen molar-refractivity contribution in [3.05, 3.63) is 41.3 Å². The van der Waals surface area contributed by atoms with Crippen LogP contribution in [0.1, 0.15) is 42.2 Å². The number of alkyl halides is 3. The summed E-state index contributed by atoms with van der Waals surface area (Å²) in [5, 5.41) is 17.8. The molecule has 30 heavy (non-hydrogen) atoms. The van der Waals surface area contributed by atoms with Gasteiger partial charge in [-0.25, -0.2) is 10.0 Å². The third kappa shape index (κ3) is 4.93. The molecule has 4 rings (SSSR count). The fourth-order valence-corrected chi connectivity index (χ4v) is 4.10. The van der Waals surface area contributed by atoms with Crippen molar-refractivity contribution in [2.75, 3.05) is 32.8 Å². The van der Waals surface area contributed by atoms with Crippen molar-refractivity contribution in [1.29, 1.82) is 0 Å². The molecule has 164 valence electrons. The van der Waals surface area contributed by atoms with Crippen LogP contribution in [0.25, 0.3) is 0 Å². The van der Waals surface area contributed by atoms with E-state index in [1.807, 2.05) is 6.92 Å². The Morgan fingerprint density at radius 3 is 2.40 bits per heavy atom. The summed E-state index contributed by atoms with van der Waals surface area (Å²) in [7, 11) is 0. The number of β-amino-alcohol motifs (C(OH)–C–C–N with tert-alkyl or cyclic N) is 1. The van der Waals surface area contributed by atoms with Gasteiger partial charge in [0.1, 0.15) is 0 Å². The summed E-state index contributed by atoms with van der Waals surface area (Å²) >= 11 is 0. The minimum absolute atomic E-state index is 0.0435. The highest BCUT2D eigenvalue weighted by Gasteiger charge is 2.38. The van der Waals surface area contributed by atoms with Crippen molar-refractivity contribution in [3.8, 4) is 6.01 Å². The Kier molecular flexibility index (Phi) is 5.99. The first-order valence-electron chi connectivity index (χ1n) is 10.1. The largest absolute Gasteiger partial charge is 0.462 e. The van der Waals surface area contributed by atoms with Crippen LogP contribution < -0.4 is 4.74 Å². The van der Waals surface area contributed by atoms with E-state index in [4.69, 9.17) is 9.26 Å². The first-order valence-corrected chi connectivity index (χ1v) is 10.1. The Morgan fingerprint density at radius 1 is 1.10 bits per heavy atom. The molecule has 0 aliphatic carbocycles. The van der Waals surface area contributed by atoms with Gasteiger partial charge in [-0.3, -0.25) is 0 Å². The van der Waals surface area contributed by atoms with Crippen LogP contribution >= 0.6 is 0 Å². The maximum atomic E-state index is 12.6. The molecule has 2 atom stereocenters. The van der Waals surface area contributed by atoms with Gasteiger partial charge in [0.15, 0.2) is 0 Å². The van der Waals surface area contributed by atoms with Gasteiger partial charge in [0.05, 0.1) is 25.0 Å². The lowest BCUT2D eigenvalue weighted by Crippen LogP contribution is -2.61. The number of hydrogen-bond acceptors (Lipinski definition) is 7. The number of halogens is 3. The molecule has 3 heterocycles. The lowest BCUT2D eigenvalue weighted by molar-refractivity contribution is -0.150. The molecule has 2 saturated heterocycles. The lowest BCUT2D eigenvalue weighted by atomic mass is 9.84. The number of ether oxygens (including phenoxy) is 1. The number of piperidine rings is 1. The molecular formula is C20H25F3N4O3. The minimum Gasteiger partial charge on any atom is -0.462 e. The molecule has 0 saturated carbocycles. The van der Waals surface area contributed by atoms with Crippen LogP contribution in [0.2, 0.25) is 0 Å². The molecule has 2 unspecified atom stereocenters. The number of aromatic nitrogens is 2. The Bertz CT molecular complexity index is 837. The lowest BCUT2D eigenvalue weighted by Gasteiger charge is -2.48. The zero-order valence-corrected chi connectivity index (χ0v) is 16.7. The molecule has 1 aromatic heterocycles. The van der Waals surface area contributed by atoms with Crippen molar-refractivity contribution in [2.45, 2.75) is 43.9 Å². The average molecular weight is 426 g/mol. The minimum atomic E-state index is -4.22. The molecular weight excluding hydrogens is 401 g/mol. The molecule has 2 aromatic rings. The summed E-state index contributed by atoms with van der Waals surface area (Å²) in [5.41, 5.74) is 1.22. The topological polar surface area (TPSA) is 74.9 Å². The summed E-state index contributed by atoms with van der Waals surface area (Å²) in [6.45, 7) is 4.80. The predicted molar refractivity (Wildman–Crippen MR) is 101 cm³/mol. The van der Waals surface area contributed by atoms with Crippen molar-refractivity contribution >= 4 is 0 Å². The van der Waals surface area contributed by atoms with E-state index in [9.17, 15) is 18.3 Å². The third-order valence-corrected chi connectivity index (χ3v) is 5.58. The van der Waals surface area contributed by atoms with Crippen molar-refractivity contribution in [3.63, 3.8) is 0 Å². The Hall–Kier alpha value is -2.17. The van der Waals surface area contributed by atoms with Gasteiger partial charge in [-0.15, -0.1) is 0 Å². The zero-order valence-electron chi connectivity index (χ0n) is 16.7. The summed E-state index contributed by atoms with van der Waals surface area (Å²) in [6, 6.07) is 6.85. The number of aliphatic hydroxyl groups excluding tert-OH is 1. The van der Waals surface area contributed by atoms with Crippen LogP contribution in [0.5, 0.6) is 6.01 Å². The Labute approximate surface area is 172 Å². The smallest absolute Gasteiger partial charge is 0.393 e. The van der Waals surface area contributed by atoms with Crippen LogP contribution in [0.4, 0.5) is 13.2 Å². The molecule has 0 amide bonds. The van der Waals surface area contributed by atoms with Crippen molar-refractivity contribution in [1.82, 2.24) is 20.2 Å². The van der Waals surface area contributed by atoms with Crippen LogP contribution in [0.3, 0.4) is 0 Å².